The van der Waals surface area contributed by atoms with Crippen molar-refractivity contribution in [3.8, 4) is 0 Å². The fraction of sp³-hybridized carbons (Fsp3) is 0.0714. The van der Waals surface area contributed by atoms with Gasteiger partial charge in [-0.1, -0.05) is 34.1 Å². The quantitative estimate of drug-likeness (QED) is 0.778. The molecule has 0 saturated heterocycles. The van der Waals surface area contributed by atoms with Gasteiger partial charge >= 0.3 is 0 Å². The molecule has 1 nitrogen and oxygen atoms in total. The molecule has 2 aromatic carbocycles. The molecule has 0 unspecified atom stereocenters. The highest BCUT2D eigenvalue weighted by Crippen LogP contribution is 2.19. The topological polar surface area (TPSA) is 17.1 Å². The maximum atomic E-state index is 13.4. The molecule has 92 valence electrons. The first-order chi connectivity index (χ1) is 8.58. The largest absolute Gasteiger partial charge is 0.294 e. The van der Waals surface area contributed by atoms with Crippen molar-refractivity contribution in [2.24, 2.45) is 0 Å². The molecule has 0 N–H and O–H groups in total. The predicted octanol–water partition coefficient (Wildman–Crippen LogP) is 4.15. The summed E-state index contributed by atoms with van der Waals surface area (Å²) in [4.78, 5) is 11.9. The normalized spacial score (nSPS) is 10.4. The van der Waals surface area contributed by atoms with Gasteiger partial charge in [0.1, 0.15) is 11.6 Å². The summed E-state index contributed by atoms with van der Waals surface area (Å²) in [5.41, 5.74) is 0.525. The molecule has 0 atom stereocenters. The minimum absolute atomic E-state index is 0.0296. The van der Waals surface area contributed by atoms with Crippen LogP contribution in [0.3, 0.4) is 0 Å². The Labute approximate surface area is 112 Å². The third-order valence-electron chi connectivity index (χ3n) is 2.54. The van der Waals surface area contributed by atoms with E-state index in [1.165, 1.54) is 0 Å². The lowest BCUT2D eigenvalue weighted by atomic mass is 10.0. The lowest BCUT2D eigenvalue weighted by molar-refractivity contribution is 0.0988. The lowest BCUT2D eigenvalue weighted by Crippen LogP contribution is -2.07. The summed E-state index contributed by atoms with van der Waals surface area (Å²) in [6.07, 6.45) is 0.0296. The summed E-state index contributed by atoms with van der Waals surface area (Å²) < 4.78 is 27.2. The van der Waals surface area contributed by atoms with Crippen LogP contribution in [0.5, 0.6) is 0 Å². The number of benzene rings is 2. The number of Topliss-reactive ketones (excluding diaryl/α,β-unsaturated/α-hetero) is 1. The number of ketones is 1. The van der Waals surface area contributed by atoms with Gasteiger partial charge in [-0.05, 0) is 29.8 Å². The van der Waals surface area contributed by atoms with Gasteiger partial charge in [0.15, 0.2) is 5.78 Å². The summed E-state index contributed by atoms with van der Waals surface area (Å²) in [6.45, 7) is 0. The molecule has 0 saturated carbocycles. The first kappa shape index (κ1) is 12.9. The average molecular weight is 311 g/mol. The number of hydrogen-bond donors (Lipinski definition) is 0. The maximum absolute atomic E-state index is 13.4. The zero-order chi connectivity index (χ0) is 13.1. The number of rotatable bonds is 3. The Bertz CT molecular complexity index is 596. The molecule has 0 aliphatic carbocycles. The van der Waals surface area contributed by atoms with E-state index in [4.69, 9.17) is 0 Å². The van der Waals surface area contributed by atoms with Crippen LogP contribution in [0.15, 0.2) is 46.9 Å². The summed E-state index contributed by atoms with van der Waals surface area (Å²) in [7, 11) is 0. The van der Waals surface area contributed by atoms with Gasteiger partial charge in [0.2, 0.25) is 0 Å². The van der Waals surface area contributed by atoms with Gasteiger partial charge in [0.05, 0.1) is 5.56 Å². The van der Waals surface area contributed by atoms with Crippen molar-refractivity contribution in [2.45, 2.75) is 6.42 Å². The monoisotopic (exact) mass is 310 g/mol. The van der Waals surface area contributed by atoms with Crippen molar-refractivity contribution in [2.75, 3.05) is 0 Å². The summed E-state index contributed by atoms with van der Waals surface area (Å²) in [5, 5.41) is 0. The minimum Gasteiger partial charge on any atom is -0.294 e. The molecule has 0 radical (unpaired) electrons. The van der Waals surface area contributed by atoms with Crippen LogP contribution in [0.25, 0.3) is 0 Å². The first-order valence-electron chi connectivity index (χ1n) is 5.29. The van der Waals surface area contributed by atoms with E-state index < -0.39 is 17.4 Å². The second-order valence-corrected chi connectivity index (χ2v) is 4.67. The van der Waals surface area contributed by atoms with Crippen LogP contribution in [-0.2, 0) is 6.42 Å². The van der Waals surface area contributed by atoms with Crippen molar-refractivity contribution in [1.29, 1.82) is 0 Å². The van der Waals surface area contributed by atoms with Crippen molar-refractivity contribution in [3.05, 3.63) is 69.7 Å². The second kappa shape index (κ2) is 5.40. The van der Waals surface area contributed by atoms with Crippen molar-refractivity contribution < 1.29 is 13.6 Å². The van der Waals surface area contributed by atoms with Gasteiger partial charge in [-0.3, -0.25) is 4.79 Å². The van der Waals surface area contributed by atoms with E-state index in [1.54, 1.807) is 18.2 Å². The third-order valence-corrected chi connectivity index (χ3v) is 3.31. The van der Waals surface area contributed by atoms with Gasteiger partial charge in [-0.15, -0.1) is 0 Å². The molecule has 18 heavy (non-hydrogen) atoms. The molecule has 0 amide bonds. The Morgan fingerprint density at radius 3 is 2.56 bits per heavy atom. The number of halogens is 3. The van der Waals surface area contributed by atoms with Crippen LogP contribution in [0, 0.1) is 11.6 Å². The molecule has 4 heteroatoms. The lowest BCUT2D eigenvalue weighted by Gasteiger charge is -2.05. The van der Waals surface area contributed by atoms with Crippen LogP contribution in [-0.4, -0.2) is 5.78 Å². The summed E-state index contributed by atoms with van der Waals surface area (Å²) >= 11 is 3.31. The SMILES string of the molecule is O=C(Cc1ccccc1Br)c1cc(F)ccc1F. The molecule has 0 heterocycles. The zero-order valence-corrected chi connectivity index (χ0v) is 10.9. The van der Waals surface area contributed by atoms with E-state index in [2.05, 4.69) is 15.9 Å². The summed E-state index contributed by atoms with van der Waals surface area (Å²) in [5.74, 6) is -1.76. The predicted molar refractivity (Wildman–Crippen MR) is 68.5 cm³/mol. The maximum Gasteiger partial charge on any atom is 0.170 e. The van der Waals surface area contributed by atoms with E-state index in [0.29, 0.717) is 0 Å². The van der Waals surface area contributed by atoms with Gasteiger partial charge in [0, 0.05) is 10.9 Å². The van der Waals surface area contributed by atoms with Gasteiger partial charge < -0.3 is 0 Å². The van der Waals surface area contributed by atoms with Crippen molar-refractivity contribution >= 4 is 21.7 Å². The van der Waals surface area contributed by atoms with Crippen LogP contribution in [0.4, 0.5) is 8.78 Å². The van der Waals surface area contributed by atoms with Crippen LogP contribution in [0.2, 0.25) is 0 Å². The van der Waals surface area contributed by atoms with E-state index >= 15 is 0 Å². The summed E-state index contributed by atoms with van der Waals surface area (Å²) in [6, 6.07) is 10.0. The molecule has 0 fully saturated rings. The van der Waals surface area contributed by atoms with E-state index in [0.717, 1.165) is 28.2 Å². The highest BCUT2D eigenvalue weighted by Gasteiger charge is 2.14. The minimum atomic E-state index is -0.701. The molecule has 0 bridgehead atoms. The molecule has 2 aromatic rings. The fourth-order valence-electron chi connectivity index (χ4n) is 1.62. The average Bonchev–Trinajstić information content (AvgIpc) is 2.35. The molecular formula is C14H9BrF2O. The van der Waals surface area contributed by atoms with Crippen LogP contribution >= 0.6 is 15.9 Å². The van der Waals surface area contributed by atoms with Gasteiger partial charge in [-0.25, -0.2) is 8.78 Å². The highest BCUT2D eigenvalue weighted by atomic mass is 79.9. The second-order valence-electron chi connectivity index (χ2n) is 3.82. The Balaban J connectivity index is 2.28. The molecule has 0 spiro atoms. The van der Waals surface area contributed by atoms with Gasteiger partial charge in [-0.2, -0.15) is 0 Å². The zero-order valence-electron chi connectivity index (χ0n) is 9.29. The Hall–Kier alpha value is -1.55. The fourth-order valence-corrected chi connectivity index (χ4v) is 2.05. The van der Waals surface area contributed by atoms with Crippen molar-refractivity contribution in [3.63, 3.8) is 0 Å². The Morgan fingerprint density at radius 2 is 1.83 bits per heavy atom. The Morgan fingerprint density at radius 1 is 1.11 bits per heavy atom. The smallest absolute Gasteiger partial charge is 0.170 e. The number of carbonyl (C=O) groups excluding carboxylic acids is 1. The number of hydrogen-bond acceptors (Lipinski definition) is 1. The van der Waals surface area contributed by atoms with E-state index in [-0.39, 0.29) is 12.0 Å². The van der Waals surface area contributed by atoms with Crippen LogP contribution < -0.4 is 0 Å². The third kappa shape index (κ3) is 2.82. The van der Waals surface area contributed by atoms with E-state index in [9.17, 15) is 13.6 Å². The molecular weight excluding hydrogens is 302 g/mol. The highest BCUT2D eigenvalue weighted by molar-refractivity contribution is 9.10. The van der Waals surface area contributed by atoms with E-state index in [1.807, 2.05) is 6.07 Å². The van der Waals surface area contributed by atoms with Gasteiger partial charge in [0.25, 0.3) is 0 Å². The molecule has 0 aliphatic heterocycles. The first-order valence-corrected chi connectivity index (χ1v) is 6.09. The van der Waals surface area contributed by atoms with Crippen LogP contribution in [0.1, 0.15) is 15.9 Å². The standard InChI is InChI=1S/C14H9BrF2O/c15-12-4-2-1-3-9(12)7-14(18)11-8-10(16)5-6-13(11)17/h1-6,8H,7H2. The van der Waals surface area contributed by atoms with Crippen molar-refractivity contribution in [1.82, 2.24) is 0 Å². The number of carbonyl (C=O) groups is 1. The molecule has 0 aromatic heterocycles. The Kier molecular flexibility index (Phi) is 3.87. The molecule has 0 aliphatic rings. The molecule has 2 rings (SSSR count).